The molecule has 2 rings (SSSR count). The van der Waals surface area contributed by atoms with Crippen molar-refractivity contribution in [3.8, 4) is 0 Å². The zero-order valence-electron chi connectivity index (χ0n) is 7.31. The summed E-state index contributed by atoms with van der Waals surface area (Å²) in [6.45, 7) is 0. The average molecular weight is 168 g/mol. The Balaban J connectivity index is 1.88. The number of nitrogens with two attached hydrogens (primary N) is 1. The van der Waals surface area contributed by atoms with Gasteiger partial charge in [-0.05, 0) is 19.3 Å². The quantitative estimate of drug-likeness (QED) is 0.600. The van der Waals surface area contributed by atoms with Crippen molar-refractivity contribution in [2.24, 2.45) is 5.73 Å². The molecule has 1 spiro atoms. The van der Waals surface area contributed by atoms with E-state index in [9.17, 15) is 4.79 Å². The third kappa shape index (κ3) is 1.22. The van der Waals surface area contributed by atoms with E-state index in [0.717, 1.165) is 6.42 Å². The molecule has 1 unspecified atom stereocenters. The number of hydrogen-bond acceptors (Lipinski definition) is 2. The predicted molar refractivity (Wildman–Crippen MR) is 46.6 cm³/mol. The van der Waals surface area contributed by atoms with Crippen LogP contribution >= 0.6 is 0 Å². The molecule has 0 radical (unpaired) electrons. The summed E-state index contributed by atoms with van der Waals surface area (Å²) in [5.74, 6) is -0.189. The summed E-state index contributed by atoms with van der Waals surface area (Å²) in [6.07, 6.45) is 7.40. The zero-order chi connectivity index (χ0) is 8.60. The van der Waals surface area contributed by atoms with Crippen molar-refractivity contribution in [1.29, 1.82) is 0 Å². The molecule has 1 aliphatic heterocycles. The van der Waals surface area contributed by atoms with E-state index in [4.69, 9.17) is 5.73 Å². The van der Waals surface area contributed by atoms with Gasteiger partial charge < -0.3 is 11.1 Å². The Bertz CT molecular complexity index is 189. The van der Waals surface area contributed by atoms with Crippen molar-refractivity contribution < 1.29 is 4.79 Å². The van der Waals surface area contributed by atoms with Crippen LogP contribution in [0, 0.1) is 0 Å². The molecular weight excluding hydrogens is 152 g/mol. The molecular formula is C9H16N2O. The third-order valence-corrected chi connectivity index (χ3v) is 3.23. The van der Waals surface area contributed by atoms with Crippen LogP contribution in [0.1, 0.15) is 38.5 Å². The molecule has 0 bridgehead atoms. The summed E-state index contributed by atoms with van der Waals surface area (Å²) in [4.78, 5) is 10.8. The van der Waals surface area contributed by atoms with Gasteiger partial charge in [-0.2, -0.15) is 0 Å². The zero-order valence-corrected chi connectivity index (χ0v) is 7.31. The van der Waals surface area contributed by atoms with Crippen LogP contribution in [0.2, 0.25) is 0 Å². The molecule has 1 aliphatic carbocycles. The second-order valence-electron chi connectivity index (χ2n) is 4.14. The Kier molecular flexibility index (Phi) is 1.83. The van der Waals surface area contributed by atoms with Crippen molar-refractivity contribution in [3.05, 3.63) is 0 Å². The van der Waals surface area contributed by atoms with Gasteiger partial charge in [0, 0.05) is 5.54 Å². The highest BCUT2D eigenvalue weighted by atomic mass is 16.1. The molecule has 3 nitrogen and oxygen atoms in total. The molecule has 1 amide bonds. The predicted octanol–water partition coefficient (Wildman–Crippen LogP) is 0.536. The lowest BCUT2D eigenvalue weighted by Crippen LogP contribution is -2.68. The van der Waals surface area contributed by atoms with Crippen LogP contribution in [0.25, 0.3) is 0 Å². The van der Waals surface area contributed by atoms with E-state index in [1.54, 1.807) is 0 Å². The van der Waals surface area contributed by atoms with Crippen molar-refractivity contribution in [2.45, 2.75) is 50.1 Å². The van der Waals surface area contributed by atoms with Gasteiger partial charge in [-0.1, -0.05) is 19.3 Å². The Morgan fingerprint density at radius 2 is 1.92 bits per heavy atom. The van der Waals surface area contributed by atoms with Crippen LogP contribution in [-0.2, 0) is 4.79 Å². The van der Waals surface area contributed by atoms with Crippen LogP contribution in [0.3, 0.4) is 0 Å². The van der Waals surface area contributed by atoms with Gasteiger partial charge in [-0.15, -0.1) is 0 Å². The van der Waals surface area contributed by atoms with Crippen LogP contribution in [-0.4, -0.2) is 17.5 Å². The number of nitrogens with one attached hydrogen (secondary N) is 1. The summed E-state index contributed by atoms with van der Waals surface area (Å²) in [7, 11) is 0. The first-order valence-corrected chi connectivity index (χ1v) is 4.79. The minimum Gasteiger partial charge on any atom is -0.368 e. The molecule has 2 aliphatic rings. The van der Waals surface area contributed by atoms with Gasteiger partial charge in [-0.25, -0.2) is 0 Å². The second-order valence-corrected chi connectivity index (χ2v) is 4.14. The van der Waals surface area contributed by atoms with E-state index in [-0.39, 0.29) is 11.9 Å². The summed E-state index contributed by atoms with van der Waals surface area (Å²) in [5.41, 5.74) is 5.49. The molecule has 1 atom stereocenters. The smallest absolute Gasteiger partial charge is 0.234 e. The van der Waals surface area contributed by atoms with Crippen LogP contribution in [0.15, 0.2) is 0 Å². The van der Waals surface area contributed by atoms with Crippen LogP contribution in [0.5, 0.6) is 0 Å². The van der Waals surface area contributed by atoms with E-state index in [0.29, 0.717) is 5.54 Å². The molecule has 1 heterocycles. The highest BCUT2D eigenvalue weighted by Crippen LogP contribution is 2.38. The summed E-state index contributed by atoms with van der Waals surface area (Å²) >= 11 is 0. The van der Waals surface area contributed by atoms with E-state index in [2.05, 4.69) is 5.32 Å². The SMILES string of the molecule is NC(=O)C1CC2(CCCCC2)N1. The van der Waals surface area contributed by atoms with Crippen molar-refractivity contribution in [1.82, 2.24) is 5.32 Å². The summed E-state index contributed by atoms with van der Waals surface area (Å²) < 4.78 is 0. The molecule has 12 heavy (non-hydrogen) atoms. The molecule has 68 valence electrons. The molecule has 0 aromatic heterocycles. The standard InChI is InChI=1S/C9H16N2O/c10-8(12)7-6-9(11-7)4-2-1-3-5-9/h7,11H,1-6H2,(H2,10,12). The highest BCUT2D eigenvalue weighted by Gasteiger charge is 2.45. The van der Waals surface area contributed by atoms with Crippen LogP contribution < -0.4 is 11.1 Å². The minimum atomic E-state index is -0.189. The molecule has 1 saturated carbocycles. The van der Waals surface area contributed by atoms with Gasteiger partial charge in [0.25, 0.3) is 0 Å². The lowest BCUT2D eigenvalue weighted by Gasteiger charge is -2.50. The Morgan fingerprint density at radius 3 is 2.42 bits per heavy atom. The largest absolute Gasteiger partial charge is 0.368 e. The molecule has 1 saturated heterocycles. The fourth-order valence-corrected chi connectivity index (χ4v) is 2.49. The average Bonchev–Trinajstić information content (AvgIpc) is 2.01. The number of primary amides is 1. The van der Waals surface area contributed by atoms with Crippen molar-refractivity contribution in [2.75, 3.05) is 0 Å². The minimum absolute atomic E-state index is 0.0388. The van der Waals surface area contributed by atoms with Gasteiger partial charge in [0.15, 0.2) is 0 Å². The second kappa shape index (κ2) is 2.73. The molecule has 0 aromatic rings. The maximum absolute atomic E-state index is 10.8. The Labute approximate surface area is 72.7 Å². The number of carbonyl (C=O) groups excluding carboxylic acids is 1. The maximum Gasteiger partial charge on any atom is 0.234 e. The van der Waals surface area contributed by atoms with Crippen LogP contribution in [0.4, 0.5) is 0 Å². The molecule has 3 heteroatoms. The number of amides is 1. The van der Waals surface area contributed by atoms with Crippen molar-refractivity contribution >= 4 is 5.91 Å². The highest BCUT2D eigenvalue weighted by molar-refractivity contribution is 5.81. The normalized spacial score (nSPS) is 32.8. The van der Waals surface area contributed by atoms with Crippen molar-refractivity contribution in [3.63, 3.8) is 0 Å². The first kappa shape index (κ1) is 8.05. The third-order valence-electron chi connectivity index (χ3n) is 3.23. The maximum atomic E-state index is 10.8. The molecule has 3 N–H and O–H groups in total. The number of carbonyl (C=O) groups is 1. The molecule has 2 fully saturated rings. The van der Waals surface area contributed by atoms with E-state index < -0.39 is 0 Å². The van der Waals surface area contributed by atoms with Gasteiger partial charge >= 0.3 is 0 Å². The Morgan fingerprint density at radius 1 is 1.33 bits per heavy atom. The lowest BCUT2D eigenvalue weighted by molar-refractivity contribution is -0.124. The first-order chi connectivity index (χ1) is 5.72. The lowest BCUT2D eigenvalue weighted by atomic mass is 9.71. The molecule has 0 aromatic carbocycles. The first-order valence-electron chi connectivity index (χ1n) is 4.79. The van der Waals surface area contributed by atoms with Gasteiger partial charge in [0.2, 0.25) is 5.91 Å². The monoisotopic (exact) mass is 168 g/mol. The number of rotatable bonds is 1. The van der Waals surface area contributed by atoms with E-state index in [1.165, 1.54) is 32.1 Å². The summed E-state index contributed by atoms with van der Waals surface area (Å²) in [6, 6.07) is -0.0388. The van der Waals surface area contributed by atoms with Gasteiger partial charge in [0.1, 0.15) is 0 Å². The van der Waals surface area contributed by atoms with E-state index in [1.807, 2.05) is 0 Å². The Hall–Kier alpha value is -0.570. The van der Waals surface area contributed by atoms with Gasteiger partial charge in [-0.3, -0.25) is 4.79 Å². The van der Waals surface area contributed by atoms with Gasteiger partial charge in [0.05, 0.1) is 6.04 Å². The summed E-state index contributed by atoms with van der Waals surface area (Å²) in [5, 5.41) is 3.32. The number of hydrogen-bond donors (Lipinski definition) is 2. The fraction of sp³-hybridized carbons (Fsp3) is 0.889. The topological polar surface area (TPSA) is 55.1 Å². The fourth-order valence-electron chi connectivity index (χ4n) is 2.49. The van der Waals surface area contributed by atoms with E-state index >= 15 is 0 Å².